The molecular formula is C14H33NO6Si. The summed E-state index contributed by atoms with van der Waals surface area (Å²) in [6, 6.07) is 0.567. The second kappa shape index (κ2) is 15.8. The van der Waals surface area contributed by atoms with Crippen LogP contribution in [-0.2, 0) is 27.5 Å². The van der Waals surface area contributed by atoms with Crippen LogP contribution in [0.3, 0.4) is 0 Å². The molecular weight excluding hydrogens is 306 g/mol. The molecule has 0 fully saturated rings. The van der Waals surface area contributed by atoms with E-state index >= 15 is 0 Å². The van der Waals surface area contributed by atoms with E-state index in [1.54, 1.807) is 0 Å². The highest BCUT2D eigenvalue weighted by molar-refractivity contribution is 6.60. The summed E-state index contributed by atoms with van der Waals surface area (Å²) in [6.07, 6.45) is 0. The fourth-order valence-electron chi connectivity index (χ4n) is 1.72. The normalized spacial score (nSPS) is 12.0. The summed E-state index contributed by atoms with van der Waals surface area (Å²) in [6.45, 7) is 11.1. The number of hydrogen-bond acceptors (Lipinski definition) is 7. The molecule has 0 spiro atoms. The summed E-state index contributed by atoms with van der Waals surface area (Å²) in [7, 11) is -2.81. The molecule has 0 aliphatic rings. The molecule has 0 aromatic heterocycles. The first-order valence-corrected chi connectivity index (χ1v) is 10.0. The maximum Gasteiger partial charge on any atom is 0.502 e. The Kier molecular flexibility index (Phi) is 15.8. The Morgan fingerprint density at radius 3 is 1.27 bits per heavy atom. The molecule has 0 aliphatic heterocycles. The van der Waals surface area contributed by atoms with Crippen LogP contribution in [0.15, 0.2) is 0 Å². The molecule has 0 radical (unpaired) electrons. The van der Waals surface area contributed by atoms with Gasteiger partial charge < -0.3 is 33.2 Å². The van der Waals surface area contributed by atoms with Crippen molar-refractivity contribution in [2.45, 2.75) is 26.8 Å². The van der Waals surface area contributed by atoms with Crippen molar-refractivity contribution in [3.63, 3.8) is 0 Å². The van der Waals surface area contributed by atoms with Crippen LogP contribution in [-0.4, -0.2) is 74.8 Å². The van der Waals surface area contributed by atoms with Crippen LogP contribution >= 0.6 is 0 Å². The molecule has 0 rings (SSSR count). The topological polar surface area (TPSA) is 81.4 Å². The molecule has 0 heterocycles. The van der Waals surface area contributed by atoms with Crippen molar-refractivity contribution < 1.29 is 27.5 Å². The van der Waals surface area contributed by atoms with Gasteiger partial charge in [0.05, 0.1) is 39.6 Å². The van der Waals surface area contributed by atoms with Gasteiger partial charge >= 0.3 is 8.80 Å². The van der Waals surface area contributed by atoms with Crippen molar-refractivity contribution in [2.24, 2.45) is 5.73 Å². The Bertz CT molecular complexity index is 204. The number of hydrogen-bond donors (Lipinski definition) is 1. The van der Waals surface area contributed by atoms with Crippen LogP contribution < -0.4 is 5.73 Å². The van der Waals surface area contributed by atoms with E-state index in [-0.39, 0.29) is 0 Å². The van der Waals surface area contributed by atoms with E-state index in [2.05, 4.69) is 0 Å². The summed E-state index contributed by atoms with van der Waals surface area (Å²) in [4.78, 5) is 0. The minimum absolute atomic E-state index is 0.434. The number of ether oxygens (including phenoxy) is 3. The molecule has 0 aliphatic carbocycles. The quantitative estimate of drug-likeness (QED) is 0.313. The van der Waals surface area contributed by atoms with Crippen molar-refractivity contribution >= 4 is 8.80 Å². The zero-order chi connectivity index (χ0) is 16.5. The van der Waals surface area contributed by atoms with Gasteiger partial charge in [0.15, 0.2) is 0 Å². The van der Waals surface area contributed by atoms with E-state index in [9.17, 15) is 0 Å². The van der Waals surface area contributed by atoms with Crippen molar-refractivity contribution in [2.75, 3.05) is 66.0 Å². The van der Waals surface area contributed by atoms with Gasteiger partial charge in [-0.3, -0.25) is 0 Å². The minimum atomic E-state index is -2.81. The lowest BCUT2D eigenvalue weighted by Gasteiger charge is -2.29. The third kappa shape index (κ3) is 11.5. The maximum atomic E-state index is 5.91. The zero-order valence-electron chi connectivity index (χ0n) is 14.3. The first kappa shape index (κ1) is 21.9. The van der Waals surface area contributed by atoms with Gasteiger partial charge in [0.1, 0.15) is 0 Å². The SMILES string of the molecule is CCOCCO[Si](CCN)(OCCOCC)OCCOCC. The van der Waals surface area contributed by atoms with Crippen LogP contribution in [0.5, 0.6) is 0 Å². The third-order valence-electron chi connectivity index (χ3n) is 2.71. The fraction of sp³-hybridized carbons (Fsp3) is 1.00. The maximum absolute atomic E-state index is 5.91. The van der Waals surface area contributed by atoms with Crippen LogP contribution in [0.1, 0.15) is 20.8 Å². The van der Waals surface area contributed by atoms with Crippen molar-refractivity contribution in [1.82, 2.24) is 0 Å². The highest BCUT2D eigenvalue weighted by Crippen LogP contribution is 2.15. The highest BCUT2D eigenvalue weighted by atomic mass is 28.4. The van der Waals surface area contributed by atoms with Crippen LogP contribution in [0.25, 0.3) is 0 Å². The zero-order valence-corrected chi connectivity index (χ0v) is 15.3. The van der Waals surface area contributed by atoms with E-state index in [1.165, 1.54) is 0 Å². The van der Waals surface area contributed by atoms with Gasteiger partial charge in [0.2, 0.25) is 0 Å². The summed E-state index contributed by atoms with van der Waals surface area (Å²) in [5, 5.41) is 0. The molecule has 7 nitrogen and oxygen atoms in total. The number of rotatable bonds is 17. The average molecular weight is 340 g/mol. The second-order valence-corrected chi connectivity index (χ2v) is 7.09. The van der Waals surface area contributed by atoms with Crippen LogP contribution in [0, 0.1) is 0 Å². The highest BCUT2D eigenvalue weighted by Gasteiger charge is 2.40. The van der Waals surface area contributed by atoms with Gasteiger partial charge in [-0.05, 0) is 27.3 Å². The smallest absolute Gasteiger partial charge is 0.379 e. The van der Waals surface area contributed by atoms with E-state index in [0.29, 0.717) is 72.1 Å². The summed E-state index contributed by atoms with van der Waals surface area (Å²) >= 11 is 0. The van der Waals surface area contributed by atoms with Gasteiger partial charge in [0, 0.05) is 25.9 Å². The van der Waals surface area contributed by atoms with Crippen molar-refractivity contribution in [3.05, 3.63) is 0 Å². The standard InChI is InChI=1S/C14H33NO6Si/c1-4-16-8-11-19-22(14-7-15,20-12-9-17-5-2)21-13-10-18-6-3/h4-15H2,1-3H3. The Morgan fingerprint density at radius 1 is 0.636 bits per heavy atom. The molecule has 0 atom stereocenters. The van der Waals surface area contributed by atoms with E-state index in [4.69, 9.17) is 33.2 Å². The lowest BCUT2D eigenvalue weighted by Crippen LogP contribution is -2.49. The lowest BCUT2D eigenvalue weighted by molar-refractivity contribution is 0.00387. The first-order chi connectivity index (χ1) is 10.7. The Labute approximate surface area is 135 Å². The van der Waals surface area contributed by atoms with Crippen LogP contribution in [0.2, 0.25) is 6.04 Å². The summed E-state index contributed by atoms with van der Waals surface area (Å²) < 4.78 is 33.6. The Morgan fingerprint density at radius 2 is 1.00 bits per heavy atom. The minimum Gasteiger partial charge on any atom is -0.379 e. The third-order valence-corrected chi connectivity index (χ3v) is 5.54. The summed E-state index contributed by atoms with van der Waals surface area (Å²) in [5.41, 5.74) is 5.71. The van der Waals surface area contributed by atoms with Crippen molar-refractivity contribution in [1.29, 1.82) is 0 Å². The molecule has 2 N–H and O–H groups in total. The molecule has 0 unspecified atom stereocenters. The van der Waals surface area contributed by atoms with E-state index in [1.807, 2.05) is 20.8 Å². The van der Waals surface area contributed by atoms with Gasteiger partial charge in [0.25, 0.3) is 0 Å². The molecule has 22 heavy (non-hydrogen) atoms. The molecule has 0 saturated heterocycles. The van der Waals surface area contributed by atoms with Gasteiger partial charge in [-0.1, -0.05) is 0 Å². The average Bonchev–Trinajstić information content (AvgIpc) is 2.53. The first-order valence-electron chi connectivity index (χ1n) is 8.09. The van der Waals surface area contributed by atoms with Gasteiger partial charge in [-0.25, -0.2) is 0 Å². The molecule has 0 aromatic carbocycles. The Balaban J connectivity index is 4.39. The molecule has 8 heteroatoms. The number of nitrogens with two attached hydrogens (primary N) is 1. The molecule has 134 valence electrons. The molecule has 0 amide bonds. The summed E-state index contributed by atoms with van der Waals surface area (Å²) in [5.74, 6) is 0. The molecule has 0 aromatic rings. The van der Waals surface area contributed by atoms with E-state index < -0.39 is 8.80 Å². The lowest BCUT2D eigenvalue weighted by atomic mass is 10.7. The largest absolute Gasteiger partial charge is 0.502 e. The van der Waals surface area contributed by atoms with Crippen molar-refractivity contribution in [3.8, 4) is 0 Å². The fourth-order valence-corrected chi connectivity index (χ4v) is 3.94. The predicted octanol–water partition coefficient (Wildman–Crippen LogP) is 1.04. The van der Waals surface area contributed by atoms with Gasteiger partial charge in [-0.2, -0.15) is 0 Å². The molecule has 0 bridgehead atoms. The Hall–Kier alpha value is -0.0631. The monoisotopic (exact) mass is 339 g/mol. The predicted molar refractivity (Wildman–Crippen MR) is 87.0 cm³/mol. The van der Waals surface area contributed by atoms with E-state index in [0.717, 1.165) is 0 Å². The second-order valence-electron chi connectivity index (χ2n) is 4.36. The van der Waals surface area contributed by atoms with Crippen LogP contribution in [0.4, 0.5) is 0 Å². The van der Waals surface area contributed by atoms with Gasteiger partial charge in [-0.15, -0.1) is 0 Å². The molecule has 0 saturated carbocycles.